The van der Waals surface area contributed by atoms with Gasteiger partial charge < -0.3 is 0 Å². The van der Waals surface area contributed by atoms with Crippen LogP contribution in [0.3, 0.4) is 0 Å². The summed E-state index contributed by atoms with van der Waals surface area (Å²) >= 11 is 4.82. The lowest BCUT2D eigenvalue weighted by Gasteiger charge is -2.31. The van der Waals surface area contributed by atoms with E-state index in [1.807, 2.05) is 6.92 Å². The van der Waals surface area contributed by atoms with Crippen molar-refractivity contribution in [1.29, 1.82) is 0 Å². The van der Waals surface area contributed by atoms with Gasteiger partial charge in [-0.15, -0.1) is 11.3 Å². The van der Waals surface area contributed by atoms with Crippen LogP contribution >= 0.6 is 27.3 Å². The second kappa shape index (κ2) is 6.69. The van der Waals surface area contributed by atoms with Crippen molar-refractivity contribution < 1.29 is 8.42 Å². The molecule has 1 fully saturated rings. The highest BCUT2D eigenvalue weighted by Gasteiger charge is 2.35. The van der Waals surface area contributed by atoms with Crippen molar-refractivity contribution in [3.8, 4) is 0 Å². The lowest BCUT2D eigenvalue weighted by Crippen LogP contribution is -2.36. The first-order valence-corrected chi connectivity index (χ1v) is 10.6. The van der Waals surface area contributed by atoms with Crippen LogP contribution in [0.15, 0.2) is 14.7 Å². The summed E-state index contributed by atoms with van der Waals surface area (Å²) in [7, 11) is -3.40. The zero-order chi connectivity index (χ0) is 15.7. The first-order chi connectivity index (χ1) is 9.74. The van der Waals surface area contributed by atoms with Crippen LogP contribution in [-0.4, -0.2) is 15.0 Å². The summed E-state index contributed by atoms with van der Waals surface area (Å²) in [5, 5.41) is 0. The largest absolute Gasteiger partial charge is 0.241 e. The van der Waals surface area contributed by atoms with Gasteiger partial charge in [0.1, 0.15) is 0 Å². The summed E-state index contributed by atoms with van der Waals surface area (Å²) in [4.78, 5) is 1.25. The highest BCUT2D eigenvalue weighted by Crippen LogP contribution is 2.43. The van der Waals surface area contributed by atoms with Crippen LogP contribution in [0.5, 0.6) is 0 Å². The summed E-state index contributed by atoms with van der Waals surface area (Å²) in [5.41, 5.74) is 0.155. The van der Waals surface area contributed by atoms with Gasteiger partial charge >= 0.3 is 0 Å². The predicted molar refractivity (Wildman–Crippen MR) is 92.3 cm³/mol. The van der Waals surface area contributed by atoms with E-state index in [1.165, 1.54) is 24.2 Å². The Balaban J connectivity index is 2.11. The van der Waals surface area contributed by atoms with Crippen molar-refractivity contribution in [3.05, 3.63) is 14.7 Å². The van der Waals surface area contributed by atoms with Crippen molar-refractivity contribution in [2.45, 2.75) is 57.8 Å². The standard InChI is InChI=1S/C15H24BrNO2S2/c1-11(2)9-15(6-4-5-7-15)10-17-21(18,19)13-8-14(16)20-12(13)3/h8,11,17H,4-7,9-10H2,1-3H3. The van der Waals surface area contributed by atoms with Gasteiger partial charge in [0.05, 0.1) is 8.68 Å². The molecule has 0 spiro atoms. The molecule has 0 aromatic carbocycles. The van der Waals surface area contributed by atoms with Crippen LogP contribution in [-0.2, 0) is 10.0 Å². The van der Waals surface area contributed by atoms with E-state index < -0.39 is 10.0 Å². The quantitative estimate of drug-likeness (QED) is 0.760. The molecule has 3 nitrogen and oxygen atoms in total. The Kier molecular flexibility index (Phi) is 5.55. The Labute approximate surface area is 140 Å². The van der Waals surface area contributed by atoms with Crippen molar-refractivity contribution in [3.63, 3.8) is 0 Å². The van der Waals surface area contributed by atoms with E-state index >= 15 is 0 Å². The molecule has 0 aliphatic heterocycles. The molecule has 1 aliphatic rings. The van der Waals surface area contributed by atoms with Gasteiger partial charge in [0.2, 0.25) is 10.0 Å². The molecular formula is C15H24BrNO2S2. The Hall–Kier alpha value is 0.0900. The molecule has 1 heterocycles. The van der Waals surface area contributed by atoms with Crippen LogP contribution < -0.4 is 4.72 Å². The summed E-state index contributed by atoms with van der Waals surface area (Å²) in [6.07, 6.45) is 5.82. The average Bonchev–Trinajstić information content (AvgIpc) is 2.94. The van der Waals surface area contributed by atoms with Gasteiger partial charge in [-0.2, -0.15) is 0 Å². The SMILES string of the molecule is Cc1sc(Br)cc1S(=O)(=O)NCC1(CC(C)C)CCCC1. The van der Waals surface area contributed by atoms with Gasteiger partial charge in [-0.05, 0) is 59.5 Å². The number of aryl methyl sites for hydroxylation is 1. The molecule has 1 aliphatic carbocycles. The molecule has 1 N–H and O–H groups in total. The zero-order valence-corrected chi connectivity index (χ0v) is 16.1. The molecule has 0 bridgehead atoms. The Morgan fingerprint density at radius 2 is 2.00 bits per heavy atom. The predicted octanol–water partition coefficient (Wildman–Crippen LogP) is 4.70. The summed E-state index contributed by atoms with van der Waals surface area (Å²) in [6.45, 7) is 6.85. The van der Waals surface area contributed by atoms with Crippen LogP contribution in [0.25, 0.3) is 0 Å². The number of nitrogens with one attached hydrogen (secondary N) is 1. The number of thiophene rings is 1. The molecule has 1 saturated carbocycles. The summed E-state index contributed by atoms with van der Waals surface area (Å²) < 4.78 is 28.8. The topological polar surface area (TPSA) is 46.2 Å². The van der Waals surface area contributed by atoms with Gasteiger partial charge in [0.25, 0.3) is 0 Å². The van der Waals surface area contributed by atoms with Crippen molar-refractivity contribution in [2.24, 2.45) is 11.3 Å². The smallest absolute Gasteiger partial charge is 0.211 e. The number of sulfonamides is 1. The molecule has 2 rings (SSSR count). The maximum Gasteiger partial charge on any atom is 0.241 e. The third kappa shape index (κ3) is 4.30. The van der Waals surface area contributed by atoms with Gasteiger partial charge in [0.15, 0.2) is 0 Å². The molecule has 120 valence electrons. The van der Waals surface area contributed by atoms with E-state index in [-0.39, 0.29) is 5.41 Å². The van der Waals surface area contributed by atoms with Crippen molar-refractivity contribution in [1.82, 2.24) is 4.72 Å². The Morgan fingerprint density at radius 1 is 1.38 bits per heavy atom. The van der Waals surface area contributed by atoms with Gasteiger partial charge in [-0.3, -0.25) is 0 Å². The number of hydrogen-bond acceptors (Lipinski definition) is 3. The second-order valence-electron chi connectivity index (χ2n) is 6.60. The highest BCUT2D eigenvalue weighted by molar-refractivity contribution is 9.11. The first kappa shape index (κ1) is 17.4. The fraction of sp³-hybridized carbons (Fsp3) is 0.733. The Morgan fingerprint density at radius 3 is 2.48 bits per heavy atom. The third-order valence-electron chi connectivity index (χ3n) is 4.27. The summed E-state index contributed by atoms with van der Waals surface area (Å²) in [5.74, 6) is 0.602. The van der Waals surface area contributed by atoms with E-state index in [1.54, 1.807) is 6.07 Å². The molecule has 0 radical (unpaired) electrons. The first-order valence-electron chi connectivity index (χ1n) is 7.50. The van der Waals surface area contributed by atoms with E-state index in [2.05, 4.69) is 34.5 Å². The maximum absolute atomic E-state index is 12.5. The number of rotatable bonds is 6. The normalized spacial score (nSPS) is 18.5. The fourth-order valence-corrected chi connectivity index (χ4v) is 7.04. The number of hydrogen-bond donors (Lipinski definition) is 1. The lowest BCUT2D eigenvalue weighted by molar-refractivity contribution is 0.236. The van der Waals surface area contributed by atoms with Gasteiger partial charge in [0, 0.05) is 11.4 Å². The van der Waals surface area contributed by atoms with E-state index in [4.69, 9.17) is 0 Å². The molecular weight excluding hydrogens is 370 g/mol. The monoisotopic (exact) mass is 393 g/mol. The zero-order valence-electron chi connectivity index (χ0n) is 12.9. The molecule has 0 amide bonds. The highest BCUT2D eigenvalue weighted by atomic mass is 79.9. The molecule has 0 unspecified atom stereocenters. The van der Waals surface area contributed by atoms with E-state index in [0.29, 0.717) is 17.4 Å². The lowest BCUT2D eigenvalue weighted by atomic mass is 9.79. The van der Waals surface area contributed by atoms with Crippen molar-refractivity contribution in [2.75, 3.05) is 6.54 Å². The third-order valence-corrected chi connectivity index (χ3v) is 7.48. The average molecular weight is 394 g/mol. The minimum Gasteiger partial charge on any atom is -0.211 e. The number of halogens is 1. The van der Waals surface area contributed by atoms with E-state index in [9.17, 15) is 8.42 Å². The molecule has 21 heavy (non-hydrogen) atoms. The molecule has 0 atom stereocenters. The minimum absolute atomic E-state index is 0.155. The maximum atomic E-state index is 12.5. The molecule has 1 aromatic rings. The van der Waals surface area contributed by atoms with E-state index in [0.717, 1.165) is 27.9 Å². The Bertz CT molecular complexity index is 587. The van der Waals surface area contributed by atoms with Crippen LogP contribution in [0.2, 0.25) is 0 Å². The van der Waals surface area contributed by atoms with Crippen molar-refractivity contribution >= 4 is 37.3 Å². The molecule has 0 saturated heterocycles. The van der Waals surface area contributed by atoms with Crippen LogP contribution in [0.4, 0.5) is 0 Å². The van der Waals surface area contributed by atoms with Crippen LogP contribution in [0, 0.1) is 18.3 Å². The van der Waals surface area contributed by atoms with Crippen LogP contribution in [0.1, 0.15) is 50.8 Å². The second-order valence-corrected chi connectivity index (χ2v) is 11.0. The molecule has 6 heteroatoms. The van der Waals surface area contributed by atoms with Gasteiger partial charge in [-0.25, -0.2) is 13.1 Å². The molecule has 1 aromatic heterocycles. The fourth-order valence-electron chi connectivity index (χ4n) is 3.47. The minimum atomic E-state index is -3.40. The van der Waals surface area contributed by atoms with Gasteiger partial charge in [-0.1, -0.05) is 26.7 Å². The summed E-state index contributed by atoms with van der Waals surface area (Å²) in [6, 6.07) is 1.70.